The average Bonchev–Trinajstić information content (AvgIpc) is 3.18. The molecule has 0 saturated heterocycles. The summed E-state index contributed by atoms with van der Waals surface area (Å²) in [5.74, 6) is 2.07. The van der Waals surface area contributed by atoms with Gasteiger partial charge in [0, 0.05) is 24.2 Å². The van der Waals surface area contributed by atoms with Crippen molar-refractivity contribution in [2.75, 3.05) is 0 Å². The zero-order valence-corrected chi connectivity index (χ0v) is 17.3. The van der Waals surface area contributed by atoms with Gasteiger partial charge in [-0.3, -0.25) is 9.48 Å². The molecule has 4 heteroatoms. The number of fused-ring (bicyclic) bond motifs is 5. The van der Waals surface area contributed by atoms with Gasteiger partial charge in [0.15, 0.2) is 5.78 Å². The number of allylic oxidation sites excluding steroid dienone is 2. The smallest absolute Gasteiger partial charge is 0.165 e. The summed E-state index contributed by atoms with van der Waals surface area (Å²) >= 11 is 0. The van der Waals surface area contributed by atoms with Crippen molar-refractivity contribution >= 4 is 11.9 Å². The van der Waals surface area contributed by atoms with E-state index in [-0.39, 0.29) is 16.9 Å². The van der Waals surface area contributed by atoms with E-state index >= 15 is 0 Å². The molecule has 0 unspecified atom stereocenters. The number of carbonyl (C=O) groups excluding carboxylic acids is 1. The van der Waals surface area contributed by atoms with E-state index in [2.05, 4.69) is 31.1 Å². The number of carbonyl (C=O) groups is 1. The molecule has 0 aliphatic heterocycles. The summed E-state index contributed by atoms with van der Waals surface area (Å²) in [5.41, 5.74) is 3.54. The first-order valence-corrected chi connectivity index (χ1v) is 10.9. The molecule has 0 spiro atoms. The summed E-state index contributed by atoms with van der Waals surface area (Å²) in [4.78, 5) is 13.4. The van der Waals surface area contributed by atoms with E-state index < -0.39 is 0 Å². The van der Waals surface area contributed by atoms with Gasteiger partial charge in [0.1, 0.15) is 0 Å². The molecule has 4 nitrogen and oxygen atoms in total. The molecule has 28 heavy (non-hydrogen) atoms. The van der Waals surface area contributed by atoms with Crippen molar-refractivity contribution in [2.45, 2.75) is 64.9 Å². The highest BCUT2D eigenvalue weighted by Gasteiger charge is 2.59. The lowest BCUT2D eigenvalue weighted by Gasteiger charge is -2.56. The number of aliphatic hydroxyl groups is 1. The predicted octanol–water partition coefficient (Wildman–Crippen LogP) is 4.31. The number of ketones is 1. The molecule has 0 aromatic carbocycles. The lowest BCUT2D eigenvalue weighted by Crippen LogP contribution is -2.50. The first kappa shape index (κ1) is 18.4. The average molecular weight is 381 g/mol. The molecular weight excluding hydrogens is 348 g/mol. The van der Waals surface area contributed by atoms with Crippen LogP contribution in [0, 0.1) is 28.6 Å². The number of hydrogen-bond acceptors (Lipinski definition) is 3. The molecule has 0 amide bonds. The molecule has 3 fully saturated rings. The first-order valence-electron chi connectivity index (χ1n) is 10.9. The van der Waals surface area contributed by atoms with E-state index in [1.165, 1.54) is 5.57 Å². The quantitative estimate of drug-likeness (QED) is 0.583. The van der Waals surface area contributed by atoms with Crippen LogP contribution in [0.15, 0.2) is 29.6 Å². The third-order valence-electron chi connectivity index (χ3n) is 8.78. The maximum Gasteiger partial charge on any atom is 0.165 e. The highest BCUT2D eigenvalue weighted by Crippen LogP contribution is 2.64. The maximum absolute atomic E-state index is 13.4. The van der Waals surface area contributed by atoms with Crippen LogP contribution in [0.4, 0.5) is 0 Å². The standard InChI is InChI=1S/C24H32N2O2/c1-23-8-6-18(27)12-17(23)4-5-19-20(23)7-9-24(2)21(19)11-16(22(24)28)10-15-13-25-26(3)14-15/h4,10,13-14,18-21,27H,5-9,11-12H2,1-3H3/b16-10-/t18-,19-,20+,21+,23-,24-/m0/s1. The molecule has 0 bridgehead atoms. The van der Waals surface area contributed by atoms with Crippen molar-refractivity contribution in [1.82, 2.24) is 9.78 Å². The molecule has 5 rings (SSSR count). The van der Waals surface area contributed by atoms with Crippen LogP contribution in [0.25, 0.3) is 6.08 Å². The molecule has 150 valence electrons. The Balaban J connectivity index is 1.48. The highest BCUT2D eigenvalue weighted by atomic mass is 16.3. The molecule has 0 radical (unpaired) electrons. The third kappa shape index (κ3) is 2.53. The van der Waals surface area contributed by atoms with Gasteiger partial charge in [-0.05, 0) is 79.8 Å². The van der Waals surface area contributed by atoms with E-state index in [1.54, 1.807) is 4.68 Å². The minimum Gasteiger partial charge on any atom is -0.393 e. The normalized spacial score (nSPS) is 44.1. The minimum atomic E-state index is -0.203. The number of aromatic nitrogens is 2. The molecule has 3 saturated carbocycles. The molecule has 1 heterocycles. The summed E-state index contributed by atoms with van der Waals surface area (Å²) in [5, 5.41) is 14.4. The SMILES string of the molecule is Cn1cc(/C=C2/C[C@@H]3[C@H]4CC=C5C[C@@H](O)CC[C@]5(C)[C@@H]4CC[C@]3(C)C2=O)cn1. The second kappa shape index (κ2) is 6.16. The van der Waals surface area contributed by atoms with Gasteiger partial charge in [-0.1, -0.05) is 25.5 Å². The number of rotatable bonds is 1. The number of Topliss-reactive ketones (excluding diaryl/α,β-unsaturated/α-hetero) is 1. The van der Waals surface area contributed by atoms with Crippen LogP contribution in [0.2, 0.25) is 0 Å². The molecule has 1 aromatic heterocycles. The number of aryl methyl sites for hydroxylation is 1. The zero-order chi connectivity index (χ0) is 19.7. The Labute approximate surface area is 167 Å². The third-order valence-corrected chi connectivity index (χ3v) is 8.78. The van der Waals surface area contributed by atoms with Crippen LogP contribution in [0.1, 0.15) is 64.4 Å². The Bertz CT molecular complexity index is 881. The van der Waals surface area contributed by atoms with Gasteiger partial charge in [0.2, 0.25) is 0 Å². The summed E-state index contributed by atoms with van der Waals surface area (Å²) in [6.45, 7) is 4.67. The fourth-order valence-electron chi connectivity index (χ4n) is 7.16. The molecule has 6 atom stereocenters. The number of aliphatic hydroxyl groups excluding tert-OH is 1. The molecular formula is C24H32N2O2. The van der Waals surface area contributed by atoms with Gasteiger partial charge in [0.05, 0.1) is 12.3 Å². The molecule has 4 aliphatic carbocycles. The van der Waals surface area contributed by atoms with Gasteiger partial charge < -0.3 is 5.11 Å². The number of nitrogens with zero attached hydrogens (tertiary/aromatic N) is 2. The molecule has 1 N–H and O–H groups in total. The predicted molar refractivity (Wildman–Crippen MR) is 109 cm³/mol. The topological polar surface area (TPSA) is 55.1 Å². The van der Waals surface area contributed by atoms with E-state index in [1.807, 2.05) is 19.4 Å². The van der Waals surface area contributed by atoms with Gasteiger partial charge in [-0.2, -0.15) is 5.10 Å². The molecule has 4 aliphatic rings. The van der Waals surface area contributed by atoms with Crippen molar-refractivity contribution in [3.05, 3.63) is 35.2 Å². The van der Waals surface area contributed by atoms with Crippen LogP contribution < -0.4 is 0 Å². The summed E-state index contributed by atoms with van der Waals surface area (Å²) in [7, 11) is 1.91. The van der Waals surface area contributed by atoms with Gasteiger partial charge in [-0.15, -0.1) is 0 Å². The van der Waals surface area contributed by atoms with Gasteiger partial charge in [-0.25, -0.2) is 0 Å². The zero-order valence-electron chi connectivity index (χ0n) is 17.3. The number of hydrogen-bond donors (Lipinski definition) is 1. The van der Waals surface area contributed by atoms with Crippen LogP contribution >= 0.6 is 0 Å². The van der Waals surface area contributed by atoms with E-state index in [4.69, 9.17) is 0 Å². The lowest BCUT2D eigenvalue weighted by atomic mass is 9.48. The lowest BCUT2D eigenvalue weighted by molar-refractivity contribution is -0.130. The summed E-state index contributed by atoms with van der Waals surface area (Å²) < 4.78 is 1.79. The fourth-order valence-corrected chi connectivity index (χ4v) is 7.16. The van der Waals surface area contributed by atoms with Crippen molar-refractivity contribution < 1.29 is 9.90 Å². The van der Waals surface area contributed by atoms with Crippen molar-refractivity contribution in [2.24, 2.45) is 35.6 Å². The Kier molecular flexibility index (Phi) is 4.04. The Morgan fingerprint density at radius 3 is 2.71 bits per heavy atom. The Morgan fingerprint density at radius 2 is 1.96 bits per heavy atom. The highest BCUT2D eigenvalue weighted by molar-refractivity contribution is 6.05. The largest absolute Gasteiger partial charge is 0.393 e. The maximum atomic E-state index is 13.4. The van der Waals surface area contributed by atoms with Gasteiger partial charge >= 0.3 is 0 Å². The molecule has 1 aromatic rings. The van der Waals surface area contributed by atoms with Crippen LogP contribution in [-0.4, -0.2) is 26.8 Å². The van der Waals surface area contributed by atoms with Crippen molar-refractivity contribution in [1.29, 1.82) is 0 Å². The van der Waals surface area contributed by atoms with Crippen LogP contribution in [0.5, 0.6) is 0 Å². The minimum absolute atomic E-state index is 0.160. The summed E-state index contributed by atoms with van der Waals surface area (Å²) in [6.07, 6.45) is 15.2. The fraction of sp³-hybridized carbons (Fsp3) is 0.667. The monoisotopic (exact) mass is 380 g/mol. The van der Waals surface area contributed by atoms with Gasteiger partial charge in [0.25, 0.3) is 0 Å². The van der Waals surface area contributed by atoms with Crippen LogP contribution in [0.3, 0.4) is 0 Å². The van der Waals surface area contributed by atoms with Crippen molar-refractivity contribution in [3.63, 3.8) is 0 Å². The first-order chi connectivity index (χ1) is 13.3. The van der Waals surface area contributed by atoms with E-state index in [0.29, 0.717) is 23.5 Å². The second-order valence-corrected chi connectivity index (χ2v) is 10.3. The van der Waals surface area contributed by atoms with Crippen molar-refractivity contribution in [3.8, 4) is 0 Å². The van der Waals surface area contributed by atoms with E-state index in [9.17, 15) is 9.90 Å². The Hall–Kier alpha value is -1.68. The van der Waals surface area contributed by atoms with E-state index in [0.717, 1.165) is 56.1 Å². The second-order valence-electron chi connectivity index (χ2n) is 10.3. The van der Waals surface area contributed by atoms with Crippen LogP contribution in [-0.2, 0) is 11.8 Å². The summed E-state index contributed by atoms with van der Waals surface area (Å²) in [6, 6.07) is 0. The Morgan fingerprint density at radius 1 is 1.18 bits per heavy atom.